The molecule has 3 heterocycles. The fourth-order valence-corrected chi connectivity index (χ4v) is 4.56. The smallest absolute Gasteiger partial charge is 0.262 e. The van der Waals surface area contributed by atoms with Gasteiger partial charge in [0, 0.05) is 17.0 Å². The summed E-state index contributed by atoms with van der Waals surface area (Å²) in [6.45, 7) is 2.72. The van der Waals surface area contributed by atoms with Gasteiger partial charge in [-0.25, -0.2) is 4.98 Å². The number of methoxy groups -OCH3 is 3. The number of rotatable bonds is 5. The third-order valence-corrected chi connectivity index (χ3v) is 6.18. The number of nitrogens with zero attached hydrogens (tertiary/aromatic N) is 2. The molecule has 0 N–H and O–H groups in total. The van der Waals surface area contributed by atoms with Crippen LogP contribution >= 0.6 is 11.3 Å². The van der Waals surface area contributed by atoms with Gasteiger partial charge in [0.15, 0.2) is 11.5 Å². The number of ether oxygens (including phenoxy) is 3. The summed E-state index contributed by atoms with van der Waals surface area (Å²) in [5.41, 5.74) is 1.91. The van der Waals surface area contributed by atoms with Crippen molar-refractivity contribution in [3.8, 4) is 17.2 Å². The van der Waals surface area contributed by atoms with Crippen molar-refractivity contribution in [2.75, 3.05) is 21.3 Å². The first kappa shape index (κ1) is 18.6. The van der Waals surface area contributed by atoms with Crippen molar-refractivity contribution >= 4 is 33.2 Å². The third kappa shape index (κ3) is 2.86. The molecule has 0 bridgehead atoms. The van der Waals surface area contributed by atoms with E-state index in [0.717, 1.165) is 40.0 Å². The van der Waals surface area contributed by atoms with Gasteiger partial charge < -0.3 is 14.2 Å². The first-order valence-corrected chi connectivity index (χ1v) is 9.96. The van der Waals surface area contributed by atoms with Crippen LogP contribution in [0.3, 0.4) is 0 Å². The Morgan fingerprint density at radius 3 is 2.64 bits per heavy atom. The Morgan fingerprint density at radius 1 is 1.18 bits per heavy atom. The number of fused-ring (bicyclic) bond motifs is 2. The fraction of sp³-hybridized carbons (Fsp3) is 0.333. The van der Waals surface area contributed by atoms with E-state index in [0.29, 0.717) is 23.8 Å². The zero-order chi connectivity index (χ0) is 19.8. The van der Waals surface area contributed by atoms with E-state index >= 15 is 0 Å². The van der Waals surface area contributed by atoms with Crippen LogP contribution in [0, 0.1) is 0 Å². The Bertz CT molecular complexity index is 1140. The molecule has 0 saturated carbocycles. The van der Waals surface area contributed by atoms with Crippen molar-refractivity contribution in [3.05, 3.63) is 44.8 Å². The molecule has 2 aromatic heterocycles. The number of hydrogen-bond donors (Lipinski definition) is 0. The van der Waals surface area contributed by atoms with Crippen LogP contribution in [0.25, 0.3) is 21.9 Å². The summed E-state index contributed by atoms with van der Waals surface area (Å²) < 4.78 is 18.2. The minimum absolute atomic E-state index is 0.0404. The molecule has 1 aliphatic heterocycles. The summed E-state index contributed by atoms with van der Waals surface area (Å²) in [6, 6.07) is 5.74. The van der Waals surface area contributed by atoms with E-state index in [-0.39, 0.29) is 5.56 Å². The molecule has 0 saturated heterocycles. The van der Waals surface area contributed by atoms with Crippen molar-refractivity contribution in [3.63, 3.8) is 0 Å². The van der Waals surface area contributed by atoms with E-state index < -0.39 is 0 Å². The molecular weight excluding hydrogens is 376 g/mol. The van der Waals surface area contributed by atoms with Gasteiger partial charge in [0.25, 0.3) is 5.56 Å². The first-order valence-electron chi connectivity index (χ1n) is 9.14. The number of aromatic nitrogens is 2. The van der Waals surface area contributed by atoms with Crippen LogP contribution in [0.2, 0.25) is 0 Å². The Morgan fingerprint density at radius 2 is 1.96 bits per heavy atom. The molecule has 28 heavy (non-hydrogen) atoms. The topological polar surface area (TPSA) is 62.6 Å². The lowest BCUT2D eigenvalue weighted by Crippen LogP contribution is -2.19. The molecule has 0 aliphatic carbocycles. The van der Waals surface area contributed by atoms with Gasteiger partial charge in [-0.15, -0.1) is 11.3 Å². The van der Waals surface area contributed by atoms with Gasteiger partial charge in [-0.2, -0.15) is 0 Å². The first-order chi connectivity index (χ1) is 13.6. The minimum atomic E-state index is 0.0404. The SMILES string of the molecule is CCc1cc2c(=O)n3c(nc2s1)/C(=C/c1ccc(OC)c(OC)c1OC)CC3. The Balaban J connectivity index is 1.87. The maximum atomic E-state index is 12.9. The normalized spacial score (nSPS) is 14.5. The lowest BCUT2D eigenvalue weighted by molar-refractivity contribution is 0.324. The second-order valence-electron chi connectivity index (χ2n) is 6.52. The lowest BCUT2D eigenvalue weighted by atomic mass is 10.1. The second kappa shape index (κ2) is 7.31. The zero-order valence-electron chi connectivity index (χ0n) is 16.4. The van der Waals surface area contributed by atoms with Crippen molar-refractivity contribution in [2.45, 2.75) is 26.3 Å². The van der Waals surface area contributed by atoms with Gasteiger partial charge in [-0.3, -0.25) is 9.36 Å². The summed E-state index contributed by atoms with van der Waals surface area (Å²) in [4.78, 5) is 19.7. The van der Waals surface area contributed by atoms with E-state index in [1.807, 2.05) is 24.3 Å². The van der Waals surface area contributed by atoms with Crippen molar-refractivity contribution in [1.82, 2.24) is 9.55 Å². The molecule has 3 aromatic rings. The summed E-state index contributed by atoms with van der Waals surface area (Å²) in [6.07, 6.45) is 3.67. The van der Waals surface area contributed by atoms with Gasteiger partial charge >= 0.3 is 0 Å². The second-order valence-corrected chi connectivity index (χ2v) is 7.64. The van der Waals surface area contributed by atoms with Gasteiger partial charge in [0.2, 0.25) is 5.75 Å². The fourth-order valence-electron chi connectivity index (χ4n) is 3.60. The molecule has 4 rings (SSSR count). The summed E-state index contributed by atoms with van der Waals surface area (Å²) in [5.74, 6) is 2.48. The maximum absolute atomic E-state index is 12.9. The summed E-state index contributed by atoms with van der Waals surface area (Å²) >= 11 is 1.59. The zero-order valence-corrected chi connectivity index (χ0v) is 17.2. The molecule has 1 aliphatic rings. The largest absolute Gasteiger partial charge is 0.493 e. The molecule has 146 valence electrons. The minimum Gasteiger partial charge on any atom is -0.493 e. The monoisotopic (exact) mass is 398 g/mol. The lowest BCUT2D eigenvalue weighted by Gasteiger charge is -2.14. The summed E-state index contributed by atoms with van der Waals surface area (Å²) in [7, 11) is 4.78. The van der Waals surface area contributed by atoms with Crippen LogP contribution < -0.4 is 19.8 Å². The molecule has 0 amide bonds. The van der Waals surface area contributed by atoms with Gasteiger partial charge in [0.1, 0.15) is 10.7 Å². The van der Waals surface area contributed by atoms with Crippen LogP contribution in [0.1, 0.15) is 29.6 Å². The third-order valence-electron chi connectivity index (χ3n) is 5.01. The highest BCUT2D eigenvalue weighted by atomic mass is 32.1. The molecule has 0 fully saturated rings. The molecule has 0 unspecified atom stereocenters. The van der Waals surface area contributed by atoms with Crippen LogP contribution in [-0.2, 0) is 13.0 Å². The number of aryl methyl sites for hydroxylation is 1. The molecule has 0 spiro atoms. The average Bonchev–Trinajstić information content (AvgIpc) is 3.32. The predicted molar refractivity (Wildman–Crippen MR) is 112 cm³/mol. The Labute approximate surface area is 167 Å². The standard InChI is InChI=1S/C21H22N2O4S/c1-5-14-11-15-20(28-14)22-19-13(8-9-23(19)21(15)24)10-12-6-7-16(25-2)18(27-4)17(12)26-3/h6-7,10-11H,5,8-9H2,1-4H3/b13-10+. The average molecular weight is 398 g/mol. The van der Waals surface area contributed by atoms with E-state index in [4.69, 9.17) is 19.2 Å². The van der Waals surface area contributed by atoms with Crippen molar-refractivity contribution < 1.29 is 14.2 Å². The maximum Gasteiger partial charge on any atom is 0.262 e. The molecule has 1 aromatic carbocycles. The van der Waals surface area contributed by atoms with Crippen molar-refractivity contribution in [1.29, 1.82) is 0 Å². The number of allylic oxidation sites excluding steroid dienone is 1. The highest BCUT2D eigenvalue weighted by Gasteiger charge is 2.23. The quantitative estimate of drug-likeness (QED) is 0.650. The Kier molecular flexibility index (Phi) is 4.85. The predicted octanol–water partition coefficient (Wildman–Crippen LogP) is 3.99. The number of thiophene rings is 1. The molecule has 0 atom stereocenters. The van der Waals surface area contributed by atoms with Gasteiger partial charge in [-0.1, -0.05) is 6.92 Å². The van der Waals surface area contributed by atoms with E-state index in [9.17, 15) is 4.79 Å². The number of hydrogen-bond acceptors (Lipinski definition) is 6. The van der Waals surface area contributed by atoms with E-state index in [1.165, 1.54) is 4.88 Å². The molecular formula is C21H22N2O4S. The molecule has 7 heteroatoms. The van der Waals surface area contributed by atoms with E-state index in [2.05, 4.69) is 6.92 Å². The molecule has 0 radical (unpaired) electrons. The molecule has 6 nitrogen and oxygen atoms in total. The Hall–Kier alpha value is -2.80. The number of benzene rings is 1. The summed E-state index contributed by atoms with van der Waals surface area (Å²) in [5, 5.41) is 0.718. The van der Waals surface area contributed by atoms with Crippen molar-refractivity contribution in [2.24, 2.45) is 0 Å². The highest BCUT2D eigenvalue weighted by molar-refractivity contribution is 7.18. The van der Waals surface area contributed by atoms with Crippen LogP contribution in [0.15, 0.2) is 23.0 Å². The van der Waals surface area contributed by atoms with Crippen LogP contribution in [0.4, 0.5) is 0 Å². The van der Waals surface area contributed by atoms with Gasteiger partial charge in [-0.05, 0) is 42.7 Å². The van der Waals surface area contributed by atoms with Crippen LogP contribution in [-0.4, -0.2) is 30.9 Å². The van der Waals surface area contributed by atoms with Crippen LogP contribution in [0.5, 0.6) is 17.2 Å². The van der Waals surface area contributed by atoms with E-state index in [1.54, 1.807) is 37.2 Å². The highest BCUT2D eigenvalue weighted by Crippen LogP contribution is 2.41. The van der Waals surface area contributed by atoms with Gasteiger partial charge in [0.05, 0.1) is 26.7 Å².